The molecule has 0 saturated carbocycles. The number of aromatic carboxylic acids is 1. The summed E-state index contributed by atoms with van der Waals surface area (Å²) in [4.78, 5) is 23.3. The standard InChI is InChI=1S/C16H11F2NO4/c1-8-14(20)10(4-9-2-3-11(17)12(18)5-9)6-19-7-13(16(21)22)23-15(8)19/h2-3,5-7H,4H2,1H3,(H,21,22). The molecule has 3 aromatic rings. The first-order chi connectivity index (χ1) is 10.9. The molecule has 0 unspecified atom stereocenters. The third kappa shape index (κ3) is 2.61. The zero-order chi connectivity index (χ0) is 16.7. The van der Waals surface area contributed by atoms with E-state index in [0.717, 1.165) is 12.1 Å². The number of oxazole rings is 1. The number of aryl methyl sites for hydroxylation is 1. The van der Waals surface area contributed by atoms with Crippen LogP contribution in [0.25, 0.3) is 5.71 Å². The smallest absolute Gasteiger partial charge is 0.373 e. The van der Waals surface area contributed by atoms with Crippen LogP contribution in [0, 0.1) is 18.6 Å². The number of fused-ring (bicyclic) bond motifs is 1. The molecule has 0 amide bonds. The Morgan fingerprint density at radius 1 is 1.26 bits per heavy atom. The minimum Gasteiger partial charge on any atom is -0.475 e. The van der Waals surface area contributed by atoms with Gasteiger partial charge in [0.25, 0.3) is 0 Å². The second-order valence-corrected chi connectivity index (χ2v) is 5.15. The molecule has 118 valence electrons. The van der Waals surface area contributed by atoms with Gasteiger partial charge in [0, 0.05) is 18.2 Å². The van der Waals surface area contributed by atoms with E-state index < -0.39 is 17.6 Å². The van der Waals surface area contributed by atoms with Crippen molar-refractivity contribution in [2.45, 2.75) is 13.3 Å². The summed E-state index contributed by atoms with van der Waals surface area (Å²) in [5, 5.41) is 8.94. The minimum atomic E-state index is -1.25. The SMILES string of the molecule is Cc1c(=O)c(Cc2ccc(F)c(F)c2)cn2cc(C(=O)O)oc12. The Morgan fingerprint density at radius 3 is 2.65 bits per heavy atom. The predicted octanol–water partition coefficient (Wildman–Crippen LogP) is 2.77. The van der Waals surface area contributed by atoms with Crippen molar-refractivity contribution in [3.05, 3.63) is 74.9 Å². The van der Waals surface area contributed by atoms with E-state index in [4.69, 9.17) is 9.52 Å². The maximum absolute atomic E-state index is 13.3. The van der Waals surface area contributed by atoms with Crippen molar-refractivity contribution in [1.82, 2.24) is 4.40 Å². The Hall–Kier alpha value is -2.96. The molecular formula is C16H11F2NO4. The van der Waals surface area contributed by atoms with Crippen LogP contribution in [0.15, 0.2) is 39.8 Å². The molecule has 0 atom stereocenters. The Bertz CT molecular complexity index is 988. The fourth-order valence-corrected chi connectivity index (χ4v) is 2.39. The molecule has 2 aromatic heterocycles. The summed E-state index contributed by atoms with van der Waals surface area (Å²) in [6, 6.07) is 3.41. The van der Waals surface area contributed by atoms with E-state index in [9.17, 15) is 18.4 Å². The summed E-state index contributed by atoms with van der Waals surface area (Å²) in [5.74, 6) is -3.49. The molecule has 0 aliphatic rings. The molecule has 0 fully saturated rings. The molecule has 1 aromatic carbocycles. The highest BCUT2D eigenvalue weighted by Gasteiger charge is 2.16. The number of hydrogen-bond donors (Lipinski definition) is 1. The zero-order valence-electron chi connectivity index (χ0n) is 12.0. The third-order valence-corrected chi connectivity index (χ3v) is 3.53. The van der Waals surface area contributed by atoms with Crippen molar-refractivity contribution < 1.29 is 23.1 Å². The number of carbonyl (C=O) groups is 1. The molecule has 23 heavy (non-hydrogen) atoms. The average Bonchev–Trinajstić information content (AvgIpc) is 2.93. The van der Waals surface area contributed by atoms with Crippen molar-refractivity contribution >= 4 is 11.7 Å². The zero-order valence-corrected chi connectivity index (χ0v) is 12.0. The van der Waals surface area contributed by atoms with Gasteiger partial charge in [0.1, 0.15) is 0 Å². The van der Waals surface area contributed by atoms with Crippen molar-refractivity contribution in [1.29, 1.82) is 0 Å². The summed E-state index contributed by atoms with van der Waals surface area (Å²) in [5.41, 5.74) is 0.811. The highest BCUT2D eigenvalue weighted by atomic mass is 19.2. The number of carboxylic acid groups (broad SMARTS) is 1. The normalized spacial score (nSPS) is 11.1. The van der Waals surface area contributed by atoms with Crippen LogP contribution in [0.5, 0.6) is 0 Å². The van der Waals surface area contributed by atoms with Gasteiger partial charge < -0.3 is 9.52 Å². The number of benzene rings is 1. The number of rotatable bonds is 3. The Kier molecular flexibility index (Phi) is 3.48. The van der Waals surface area contributed by atoms with Gasteiger partial charge >= 0.3 is 5.97 Å². The van der Waals surface area contributed by atoms with E-state index in [1.54, 1.807) is 0 Å². The molecule has 3 rings (SSSR count). The number of nitrogens with zero attached hydrogens (tertiary/aromatic N) is 1. The van der Waals surface area contributed by atoms with Crippen LogP contribution in [-0.2, 0) is 6.42 Å². The van der Waals surface area contributed by atoms with Crippen LogP contribution in [-0.4, -0.2) is 15.5 Å². The molecule has 0 aliphatic carbocycles. The topological polar surface area (TPSA) is 71.9 Å². The molecule has 0 bridgehead atoms. The Labute approximate surface area is 128 Å². The maximum Gasteiger partial charge on any atom is 0.373 e. The fourth-order valence-electron chi connectivity index (χ4n) is 2.39. The van der Waals surface area contributed by atoms with Crippen LogP contribution in [0.2, 0.25) is 0 Å². The van der Waals surface area contributed by atoms with Gasteiger partial charge in [-0.2, -0.15) is 0 Å². The minimum absolute atomic E-state index is 0.0907. The maximum atomic E-state index is 13.3. The second kappa shape index (κ2) is 5.35. The lowest BCUT2D eigenvalue weighted by molar-refractivity contribution is 0.0665. The number of halogens is 2. The van der Waals surface area contributed by atoms with Gasteiger partial charge in [-0.1, -0.05) is 6.07 Å². The van der Waals surface area contributed by atoms with Crippen LogP contribution < -0.4 is 5.43 Å². The lowest BCUT2D eigenvalue weighted by Crippen LogP contribution is -2.14. The first-order valence-electron chi connectivity index (χ1n) is 6.68. The predicted molar refractivity (Wildman–Crippen MR) is 76.8 cm³/mol. The number of pyridine rings is 1. The number of hydrogen-bond acceptors (Lipinski definition) is 3. The van der Waals surface area contributed by atoms with Crippen molar-refractivity contribution in [2.24, 2.45) is 0 Å². The summed E-state index contributed by atoms with van der Waals surface area (Å²) >= 11 is 0. The van der Waals surface area contributed by atoms with Gasteiger partial charge in [-0.3, -0.25) is 9.20 Å². The lowest BCUT2D eigenvalue weighted by Gasteiger charge is -2.05. The van der Waals surface area contributed by atoms with Crippen LogP contribution >= 0.6 is 0 Å². The molecule has 0 radical (unpaired) electrons. The Morgan fingerprint density at radius 2 is 2.00 bits per heavy atom. The average molecular weight is 319 g/mol. The van der Waals surface area contributed by atoms with E-state index >= 15 is 0 Å². The van der Waals surface area contributed by atoms with Crippen molar-refractivity contribution in [3.8, 4) is 0 Å². The monoisotopic (exact) mass is 319 g/mol. The van der Waals surface area contributed by atoms with Gasteiger partial charge in [-0.15, -0.1) is 0 Å². The van der Waals surface area contributed by atoms with Gasteiger partial charge in [-0.05, 0) is 24.6 Å². The van der Waals surface area contributed by atoms with Gasteiger partial charge in [-0.25, -0.2) is 13.6 Å². The molecule has 1 N–H and O–H groups in total. The van der Waals surface area contributed by atoms with Gasteiger partial charge in [0.15, 0.2) is 17.1 Å². The van der Waals surface area contributed by atoms with Crippen LogP contribution in [0.1, 0.15) is 27.2 Å². The van der Waals surface area contributed by atoms with Gasteiger partial charge in [0.2, 0.25) is 11.5 Å². The first kappa shape index (κ1) is 15.0. The molecular weight excluding hydrogens is 308 g/mol. The van der Waals surface area contributed by atoms with Crippen molar-refractivity contribution in [2.75, 3.05) is 0 Å². The molecule has 0 saturated heterocycles. The quantitative estimate of drug-likeness (QED) is 0.806. The highest BCUT2D eigenvalue weighted by Crippen LogP contribution is 2.16. The van der Waals surface area contributed by atoms with Crippen LogP contribution in [0.4, 0.5) is 8.78 Å². The van der Waals surface area contributed by atoms with Crippen LogP contribution in [0.3, 0.4) is 0 Å². The summed E-state index contributed by atoms with van der Waals surface area (Å²) < 4.78 is 32.8. The van der Waals surface area contributed by atoms with E-state index in [2.05, 4.69) is 0 Å². The van der Waals surface area contributed by atoms with E-state index in [1.165, 1.54) is 29.8 Å². The first-order valence-corrected chi connectivity index (χ1v) is 6.68. The molecule has 0 aliphatic heterocycles. The molecule has 7 heteroatoms. The van der Waals surface area contributed by atoms with E-state index in [0.29, 0.717) is 11.1 Å². The highest BCUT2D eigenvalue weighted by molar-refractivity contribution is 5.84. The Balaban J connectivity index is 2.10. The lowest BCUT2D eigenvalue weighted by atomic mass is 10.0. The number of aromatic nitrogens is 1. The molecule has 0 spiro atoms. The summed E-state index contributed by atoms with van der Waals surface area (Å²) in [6.07, 6.45) is 2.77. The second-order valence-electron chi connectivity index (χ2n) is 5.15. The van der Waals surface area contributed by atoms with Gasteiger partial charge in [0.05, 0.1) is 11.8 Å². The van der Waals surface area contributed by atoms with E-state index in [-0.39, 0.29) is 28.9 Å². The van der Waals surface area contributed by atoms with E-state index in [1.807, 2.05) is 0 Å². The largest absolute Gasteiger partial charge is 0.475 e. The molecule has 2 heterocycles. The molecule has 5 nitrogen and oxygen atoms in total. The fraction of sp³-hybridized carbons (Fsp3) is 0.125. The van der Waals surface area contributed by atoms with Crippen molar-refractivity contribution in [3.63, 3.8) is 0 Å². The summed E-state index contributed by atoms with van der Waals surface area (Å²) in [7, 11) is 0. The third-order valence-electron chi connectivity index (χ3n) is 3.53. The summed E-state index contributed by atoms with van der Waals surface area (Å²) in [6.45, 7) is 1.52. The number of carboxylic acids is 1.